The van der Waals surface area contributed by atoms with Crippen molar-refractivity contribution in [2.24, 2.45) is 0 Å². The van der Waals surface area contributed by atoms with Crippen molar-refractivity contribution >= 4 is 5.91 Å². The summed E-state index contributed by atoms with van der Waals surface area (Å²) in [6.45, 7) is 0.473. The van der Waals surface area contributed by atoms with Crippen molar-refractivity contribution < 1.29 is 18.7 Å². The minimum atomic E-state index is -0.219. The van der Waals surface area contributed by atoms with Crippen molar-refractivity contribution in [2.45, 2.75) is 0 Å². The van der Waals surface area contributed by atoms with E-state index in [1.165, 1.54) is 12.5 Å². The third-order valence-corrected chi connectivity index (χ3v) is 2.61. The Morgan fingerprint density at radius 3 is 2.76 bits per heavy atom. The maximum Gasteiger partial charge on any atom is 0.255 e. The summed E-state index contributed by atoms with van der Waals surface area (Å²) in [5, 5.41) is 2.65. The van der Waals surface area contributed by atoms with E-state index in [0.717, 1.165) is 0 Å². The molecule has 0 aliphatic rings. The quantitative estimate of drug-likeness (QED) is 0.855. The highest BCUT2D eigenvalue weighted by Crippen LogP contribution is 2.25. The SMILES string of the molecule is COc1ccccc1OCC#CCNC(=O)c1ccoc1. The molecule has 1 amide bonds. The van der Waals surface area contributed by atoms with Crippen LogP contribution in [0.4, 0.5) is 0 Å². The molecule has 0 radical (unpaired) electrons. The molecule has 1 heterocycles. The second-order valence-electron chi connectivity index (χ2n) is 3.99. The van der Waals surface area contributed by atoms with E-state index in [1.807, 2.05) is 18.2 Å². The lowest BCUT2D eigenvalue weighted by molar-refractivity contribution is 0.0958. The highest BCUT2D eigenvalue weighted by Gasteiger charge is 2.04. The van der Waals surface area contributed by atoms with Gasteiger partial charge in [-0.05, 0) is 18.2 Å². The molecule has 2 aromatic rings. The van der Waals surface area contributed by atoms with Gasteiger partial charge in [-0.15, -0.1) is 0 Å². The van der Waals surface area contributed by atoms with Gasteiger partial charge in [-0.2, -0.15) is 0 Å². The fourth-order valence-corrected chi connectivity index (χ4v) is 1.59. The first-order chi connectivity index (χ1) is 10.3. The molecule has 0 aliphatic carbocycles. The fraction of sp³-hybridized carbons (Fsp3) is 0.188. The minimum Gasteiger partial charge on any atom is -0.493 e. The highest BCUT2D eigenvalue weighted by molar-refractivity contribution is 5.93. The van der Waals surface area contributed by atoms with Gasteiger partial charge in [0.1, 0.15) is 12.9 Å². The number of furan rings is 1. The topological polar surface area (TPSA) is 60.7 Å². The largest absolute Gasteiger partial charge is 0.493 e. The van der Waals surface area contributed by atoms with Gasteiger partial charge in [0.05, 0.1) is 25.5 Å². The maximum atomic E-state index is 11.6. The van der Waals surface area contributed by atoms with Crippen LogP contribution in [0.25, 0.3) is 0 Å². The van der Waals surface area contributed by atoms with Crippen LogP contribution in [0.2, 0.25) is 0 Å². The number of hydrogen-bond donors (Lipinski definition) is 1. The van der Waals surface area contributed by atoms with Crippen molar-refractivity contribution in [3.8, 4) is 23.3 Å². The fourth-order valence-electron chi connectivity index (χ4n) is 1.59. The summed E-state index contributed by atoms with van der Waals surface area (Å²) in [5.41, 5.74) is 0.474. The summed E-state index contributed by atoms with van der Waals surface area (Å²) in [6, 6.07) is 8.93. The molecule has 0 aliphatic heterocycles. The van der Waals surface area contributed by atoms with Gasteiger partial charge in [-0.25, -0.2) is 0 Å². The van der Waals surface area contributed by atoms with Crippen LogP contribution >= 0.6 is 0 Å². The summed E-state index contributed by atoms with van der Waals surface area (Å²) in [7, 11) is 1.58. The Morgan fingerprint density at radius 1 is 1.24 bits per heavy atom. The van der Waals surface area contributed by atoms with Crippen LogP contribution in [0, 0.1) is 11.8 Å². The minimum absolute atomic E-state index is 0.219. The number of benzene rings is 1. The maximum absolute atomic E-state index is 11.6. The lowest BCUT2D eigenvalue weighted by Gasteiger charge is -2.07. The number of methoxy groups -OCH3 is 1. The number of carbonyl (C=O) groups excluding carboxylic acids is 1. The second kappa shape index (κ2) is 7.65. The summed E-state index contributed by atoms with van der Waals surface area (Å²) < 4.78 is 15.5. The van der Waals surface area contributed by atoms with Gasteiger partial charge in [0.15, 0.2) is 11.5 Å². The van der Waals surface area contributed by atoms with Gasteiger partial charge in [0.25, 0.3) is 5.91 Å². The molecular weight excluding hydrogens is 270 g/mol. The molecule has 0 spiro atoms. The van der Waals surface area contributed by atoms with Crippen LogP contribution in [-0.2, 0) is 0 Å². The molecule has 5 heteroatoms. The van der Waals surface area contributed by atoms with Crippen molar-refractivity contribution in [3.05, 3.63) is 48.4 Å². The zero-order valence-corrected chi connectivity index (χ0v) is 11.6. The zero-order valence-electron chi connectivity index (χ0n) is 11.6. The summed E-state index contributed by atoms with van der Waals surface area (Å²) in [5.74, 6) is 6.70. The van der Waals surface area contributed by atoms with Gasteiger partial charge in [-0.1, -0.05) is 24.0 Å². The van der Waals surface area contributed by atoms with Crippen molar-refractivity contribution in [3.63, 3.8) is 0 Å². The number of amides is 1. The molecule has 0 bridgehead atoms. The molecule has 0 saturated carbocycles. The Hall–Kier alpha value is -2.87. The standard InChI is InChI=1S/C16H15NO4/c1-19-14-6-2-3-7-15(14)21-10-5-4-9-17-16(18)13-8-11-20-12-13/h2-3,6-8,11-12H,9-10H2,1H3,(H,17,18). The molecule has 1 N–H and O–H groups in total. The van der Waals surface area contributed by atoms with Crippen LogP contribution < -0.4 is 14.8 Å². The molecule has 0 atom stereocenters. The molecule has 1 aromatic heterocycles. The highest BCUT2D eigenvalue weighted by atomic mass is 16.5. The summed E-state index contributed by atoms with van der Waals surface area (Å²) in [6.07, 6.45) is 2.83. The zero-order chi connectivity index (χ0) is 14.9. The average molecular weight is 285 g/mol. The summed E-state index contributed by atoms with van der Waals surface area (Å²) in [4.78, 5) is 11.6. The van der Waals surface area contributed by atoms with E-state index < -0.39 is 0 Å². The van der Waals surface area contributed by atoms with E-state index in [4.69, 9.17) is 13.9 Å². The molecule has 0 fully saturated rings. The van der Waals surface area contributed by atoms with E-state index in [1.54, 1.807) is 19.2 Å². The Labute approximate surface area is 122 Å². The third-order valence-electron chi connectivity index (χ3n) is 2.61. The molecule has 21 heavy (non-hydrogen) atoms. The van der Waals surface area contributed by atoms with Gasteiger partial charge < -0.3 is 19.2 Å². The van der Waals surface area contributed by atoms with Crippen LogP contribution in [0.15, 0.2) is 47.3 Å². The molecular formula is C16H15NO4. The monoisotopic (exact) mass is 285 g/mol. The van der Waals surface area contributed by atoms with Crippen LogP contribution in [0.5, 0.6) is 11.5 Å². The normalized spacial score (nSPS) is 9.38. The number of nitrogens with one attached hydrogen (secondary N) is 1. The number of rotatable bonds is 5. The van der Waals surface area contributed by atoms with Gasteiger partial charge >= 0.3 is 0 Å². The predicted octanol–water partition coefficient (Wildman–Crippen LogP) is 2.10. The van der Waals surface area contributed by atoms with Crippen molar-refractivity contribution in [1.29, 1.82) is 0 Å². The van der Waals surface area contributed by atoms with Gasteiger partial charge in [0, 0.05) is 0 Å². The van der Waals surface area contributed by atoms with Crippen molar-refractivity contribution in [1.82, 2.24) is 5.32 Å². The van der Waals surface area contributed by atoms with Crippen LogP contribution in [0.3, 0.4) is 0 Å². The molecule has 108 valence electrons. The summed E-state index contributed by atoms with van der Waals surface area (Å²) >= 11 is 0. The van der Waals surface area contributed by atoms with Crippen molar-refractivity contribution in [2.75, 3.05) is 20.3 Å². The lowest BCUT2D eigenvalue weighted by Crippen LogP contribution is -2.23. The average Bonchev–Trinajstić information content (AvgIpc) is 3.05. The van der Waals surface area contributed by atoms with Crippen LogP contribution in [0.1, 0.15) is 10.4 Å². The Kier molecular flexibility index (Phi) is 5.30. The molecule has 0 unspecified atom stereocenters. The number of hydrogen-bond acceptors (Lipinski definition) is 4. The Balaban J connectivity index is 1.73. The number of ether oxygens (including phenoxy) is 2. The molecule has 1 aromatic carbocycles. The predicted molar refractivity (Wildman–Crippen MR) is 77.3 cm³/mol. The third kappa shape index (κ3) is 4.32. The van der Waals surface area contributed by atoms with E-state index in [0.29, 0.717) is 17.1 Å². The van der Waals surface area contributed by atoms with Gasteiger partial charge in [0.2, 0.25) is 0 Å². The van der Waals surface area contributed by atoms with Crippen LogP contribution in [-0.4, -0.2) is 26.2 Å². The number of carbonyl (C=O) groups is 1. The van der Waals surface area contributed by atoms with E-state index in [-0.39, 0.29) is 19.1 Å². The lowest BCUT2D eigenvalue weighted by atomic mass is 10.3. The van der Waals surface area contributed by atoms with E-state index in [9.17, 15) is 4.79 Å². The second-order valence-corrected chi connectivity index (χ2v) is 3.99. The van der Waals surface area contributed by atoms with E-state index >= 15 is 0 Å². The molecule has 0 saturated heterocycles. The van der Waals surface area contributed by atoms with Gasteiger partial charge in [-0.3, -0.25) is 4.79 Å². The molecule has 2 rings (SSSR count). The smallest absolute Gasteiger partial charge is 0.255 e. The first-order valence-electron chi connectivity index (χ1n) is 6.33. The molecule has 5 nitrogen and oxygen atoms in total. The Morgan fingerprint density at radius 2 is 2.05 bits per heavy atom. The number of para-hydroxylation sites is 2. The first kappa shape index (κ1) is 14.5. The Bertz CT molecular complexity index is 638. The van der Waals surface area contributed by atoms with E-state index in [2.05, 4.69) is 17.2 Å². The first-order valence-corrected chi connectivity index (χ1v) is 6.33.